The first-order chi connectivity index (χ1) is 10.6. The van der Waals surface area contributed by atoms with Gasteiger partial charge in [-0.2, -0.15) is 0 Å². The second-order valence-electron chi connectivity index (χ2n) is 5.15. The molecule has 5 nitrogen and oxygen atoms in total. The fourth-order valence-corrected chi connectivity index (χ4v) is 2.39. The van der Waals surface area contributed by atoms with Crippen molar-refractivity contribution in [2.45, 2.75) is 13.8 Å². The van der Waals surface area contributed by atoms with Gasteiger partial charge in [0.25, 0.3) is 0 Å². The van der Waals surface area contributed by atoms with Crippen molar-refractivity contribution in [3.05, 3.63) is 53.7 Å². The van der Waals surface area contributed by atoms with Gasteiger partial charge in [-0.1, -0.05) is 29.5 Å². The van der Waals surface area contributed by atoms with Crippen LogP contribution >= 0.6 is 0 Å². The Morgan fingerprint density at radius 3 is 2.43 bits per heavy atom. The van der Waals surface area contributed by atoms with Crippen LogP contribution in [0.3, 0.4) is 0 Å². The first kappa shape index (κ1) is 17.5. The van der Waals surface area contributed by atoms with Crippen molar-refractivity contribution in [1.29, 1.82) is 0 Å². The monoisotopic (exact) mass is 317 g/mol. The molecule has 0 aliphatic rings. The van der Waals surface area contributed by atoms with Crippen LogP contribution in [0, 0.1) is 13.8 Å². The van der Waals surface area contributed by atoms with E-state index in [2.05, 4.69) is 10.3 Å². The molecule has 0 bridgehead atoms. The van der Waals surface area contributed by atoms with Crippen LogP contribution in [-0.4, -0.2) is 22.1 Å². The molecule has 1 aromatic heterocycles. The zero-order valence-corrected chi connectivity index (χ0v) is 15.7. The summed E-state index contributed by atoms with van der Waals surface area (Å²) in [7, 11) is 1.65. The Morgan fingerprint density at radius 1 is 1.09 bits per heavy atom. The third-order valence-electron chi connectivity index (χ3n) is 3.77. The van der Waals surface area contributed by atoms with E-state index in [9.17, 15) is 5.11 Å². The molecule has 6 heteroatoms. The summed E-state index contributed by atoms with van der Waals surface area (Å²) < 4.78 is 7.17. The molecular weight excluding hydrogens is 301 g/mol. The van der Waals surface area contributed by atoms with Gasteiger partial charge in [-0.3, -0.25) is 0 Å². The number of hydrogen-bond donors (Lipinski definition) is 0. The summed E-state index contributed by atoms with van der Waals surface area (Å²) in [6.07, 6.45) is 1.68. The third-order valence-corrected chi connectivity index (χ3v) is 3.77. The van der Waals surface area contributed by atoms with E-state index in [1.54, 1.807) is 30.1 Å². The molecule has 0 radical (unpaired) electrons. The van der Waals surface area contributed by atoms with Gasteiger partial charge in [0.05, 0.1) is 24.7 Å². The summed E-state index contributed by atoms with van der Waals surface area (Å²) >= 11 is 0. The number of aromatic nitrogens is 3. The second kappa shape index (κ2) is 7.17. The van der Waals surface area contributed by atoms with Gasteiger partial charge in [-0.15, -0.1) is 10.8 Å². The Bertz CT molecular complexity index is 813. The van der Waals surface area contributed by atoms with E-state index in [-0.39, 0.29) is 35.3 Å². The van der Waals surface area contributed by atoms with Crippen LogP contribution in [0.1, 0.15) is 11.1 Å². The van der Waals surface area contributed by atoms with Gasteiger partial charge >= 0.3 is 29.6 Å². The van der Waals surface area contributed by atoms with Gasteiger partial charge in [-0.05, 0) is 31.0 Å². The number of aryl methyl sites for hydroxylation is 1. The van der Waals surface area contributed by atoms with Crippen molar-refractivity contribution in [1.82, 2.24) is 15.0 Å². The van der Waals surface area contributed by atoms with Gasteiger partial charge < -0.3 is 9.84 Å². The maximum absolute atomic E-state index is 11.3. The number of nitrogens with zero attached hydrogens (tertiary/aromatic N) is 3. The van der Waals surface area contributed by atoms with Gasteiger partial charge in [0, 0.05) is 11.6 Å². The SMILES string of the molecule is COc1cc(-n2nncc2-c2ccc([O-])cc2)cc(C)c1C.[Na+]. The molecule has 0 unspecified atom stereocenters. The zero-order valence-electron chi connectivity index (χ0n) is 13.7. The van der Waals surface area contributed by atoms with Crippen molar-refractivity contribution in [3.63, 3.8) is 0 Å². The van der Waals surface area contributed by atoms with Crippen LogP contribution in [0.5, 0.6) is 11.5 Å². The number of rotatable bonds is 3. The fourth-order valence-electron chi connectivity index (χ4n) is 2.39. The molecule has 0 aliphatic carbocycles. The summed E-state index contributed by atoms with van der Waals surface area (Å²) in [5, 5.41) is 19.4. The molecule has 2 aromatic carbocycles. The maximum Gasteiger partial charge on any atom is 1.00 e. The largest absolute Gasteiger partial charge is 1.00 e. The third kappa shape index (κ3) is 3.42. The van der Waals surface area contributed by atoms with Crippen LogP contribution in [0.4, 0.5) is 0 Å². The minimum Gasteiger partial charge on any atom is -0.872 e. The van der Waals surface area contributed by atoms with E-state index in [1.165, 1.54) is 12.1 Å². The molecule has 0 atom stereocenters. The Labute approximate surface area is 157 Å². The smallest absolute Gasteiger partial charge is 0.872 e. The van der Waals surface area contributed by atoms with E-state index in [4.69, 9.17) is 4.74 Å². The quantitative estimate of drug-likeness (QED) is 0.619. The number of benzene rings is 2. The van der Waals surface area contributed by atoms with Crippen molar-refractivity contribution < 1.29 is 39.4 Å². The Hall–Kier alpha value is -1.82. The zero-order chi connectivity index (χ0) is 15.7. The Balaban J connectivity index is 0.00000192. The van der Waals surface area contributed by atoms with Crippen LogP contribution in [0.15, 0.2) is 42.6 Å². The van der Waals surface area contributed by atoms with Crippen LogP contribution in [-0.2, 0) is 0 Å². The molecule has 0 saturated heterocycles. The molecule has 0 aliphatic heterocycles. The molecule has 0 amide bonds. The summed E-state index contributed by atoms with van der Waals surface area (Å²) in [4.78, 5) is 0. The van der Waals surface area contributed by atoms with Crippen molar-refractivity contribution in [2.24, 2.45) is 0 Å². The summed E-state index contributed by atoms with van der Waals surface area (Å²) in [5.41, 5.74) is 4.81. The van der Waals surface area contributed by atoms with Crippen molar-refractivity contribution in [3.8, 4) is 28.4 Å². The molecule has 0 saturated carbocycles. The van der Waals surface area contributed by atoms with E-state index < -0.39 is 0 Å². The molecular formula is C17H16N3NaO2. The minimum atomic E-state index is -0.0179. The van der Waals surface area contributed by atoms with Crippen LogP contribution < -0.4 is 39.4 Å². The summed E-state index contributed by atoms with van der Waals surface area (Å²) in [6.45, 7) is 4.05. The molecule has 112 valence electrons. The Kier molecular flexibility index (Phi) is 5.46. The normalized spacial score (nSPS) is 10.2. The average Bonchev–Trinajstić information content (AvgIpc) is 3.00. The average molecular weight is 317 g/mol. The molecule has 0 spiro atoms. The van der Waals surface area contributed by atoms with Crippen LogP contribution in [0.25, 0.3) is 16.9 Å². The standard InChI is InChI=1S/C17H17N3O2.Na/c1-11-8-14(9-17(22-3)12(11)2)20-16(10-18-19-20)13-4-6-15(21)7-5-13;/h4-10,21H,1-3H3;/q;+1/p-1. The van der Waals surface area contributed by atoms with E-state index in [0.717, 1.165) is 33.8 Å². The Morgan fingerprint density at radius 2 is 1.78 bits per heavy atom. The maximum atomic E-state index is 11.3. The molecule has 0 fully saturated rings. The van der Waals surface area contributed by atoms with Gasteiger partial charge in [0.1, 0.15) is 5.75 Å². The van der Waals surface area contributed by atoms with Gasteiger partial charge in [0.2, 0.25) is 0 Å². The summed E-state index contributed by atoms with van der Waals surface area (Å²) in [5.74, 6) is 0.794. The fraction of sp³-hybridized carbons (Fsp3) is 0.176. The van der Waals surface area contributed by atoms with Crippen molar-refractivity contribution in [2.75, 3.05) is 7.11 Å². The molecule has 1 heterocycles. The molecule has 3 aromatic rings. The van der Waals surface area contributed by atoms with Gasteiger partial charge in [0.15, 0.2) is 0 Å². The second-order valence-corrected chi connectivity index (χ2v) is 5.15. The summed E-state index contributed by atoms with van der Waals surface area (Å²) in [6, 6.07) is 10.6. The topological polar surface area (TPSA) is 63.0 Å². The minimum absolute atomic E-state index is 0. The first-order valence-corrected chi connectivity index (χ1v) is 6.94. The van der Waals surface area contributed by atoms with Crippen LogP contribution in [0.2, 0.25) is 0 Å². The number of ether oxygens (including phenoxy) is 1. The predicted molar refractivity (Wildman–Crippen MR) is 82.3 cm³/mol. The van der Waals surface area contributed by atoms with E-state index in [0.29, 0.717) is 0 Å². The van der Waals surface area contributed by atoms with E-state index in [1.807, 2.05) is 26.0 Å². The van der Waals surface area contributed by atoms with Crippen molar-refractivity contribution >= 4 is 0 Å². The molecule has 23 heavy (non-hydrogen) atoms. The molecule has 3 rings (SSSR count). The number of hydrogen-bond acceptors (Lipinski definition) is 4. The molecule has 0 N–H and O–H groups in total. The number of methoxy groups -OCH3 is 1. The first-order valence-electron chi connectivity index (χ1n) is 6.94. The van der Waals surface area contributed by atoms with E-state index >= 15 is 0 Å². The predicted octanol–water partition coefficient (Wildman–Crippen LogP) is -0.363. The van der Waals surface area contributed by atoms with Gasteiger partial charge in [-0.25, -0.2) is 4.68 Å².